The monoisotopic (exact) mass is 238 g/mol. The van der Waals surface area contributed by atoms with Gasteiger partial charge in [-0.1, -0.05) is 0 Å². The highest BCUT2D eigenvalue weighted by molar-refractivity contribution is 5.11. The van der Waals surface area contributed by atoms with Gasteiger partial charge in [-0.05, 0) is 33.0 Å². The lowest BCUT2D eigenvalue weighted by Crippen LogP contribution is -2.25. The van der Waals surface area contributed by atoms with E-state index in [1.165, 1.54) is 18.4 Å². The molecule has 1 saturated carbocycles. The molecule has 4 heteroatoms. The maximum atomic E-state index is 5.60. The van der Waals surface area contributed by atoms with Gasteiger partial charge < -0.3 is 19.4 Å². The van der Waals surface area contributed by atoms with E-state index in [-0.39, 0.29) is 0 Å². The maximum Gasteiger partial charge on any atom is 0.129 e. The third-order valence-corrected chi connectivity index (χ3v) is 3.09. The Kier molecular flexibility index (Phi) is 4.59. The molecule has 0 bridgehead atoms. The zero-order valence-corrected chi connectivity index (χ0v) is 10.7. The van der Waals surface area contributed by atoms with E-state index in [0.717, 1.165) is 31.5 Å². The average molecular weight is 238 g/mol. The van der Waals surface area contributed by atoms with E-state index < -0.39 is 0 Å². The fourth-order valence-corrected chi connectivity index (χ4v) is 1.88. The van der Waals surface area contributed by atoms with Gasteiger partial charge in [0.1, 0.15) is 12.4 Å². The van der Waals surface area contributed by atoms with Gasteiger partial charge in [-0.15, -0.1) is 0 Å². The zero-order chi connectivity index (χ0) is 12.1. The molecular weight excluding hydrogens is 216 g/mol. The number of hydrogen-bond donors (Lipinski definition) is 1. The number of ether oxygens (including phenoxy) is 1. The van der Waals surface area contributed by atoms with Gasteiger partial charge in [0.25, 0.3) is 0 Å². The molecule has 17 heavy (non-hydrogen) atoms. The number of rotatable bonds is 8. The van der Waals surface area contributed by atoms with Crippen molar-refractivity contribution in [2.24, 2.45) is 0 Å². The number of likely N-dealkylation sites (N-methyl/N-ethyl adjacent to an activating group) is 1. The van der Waals surface area contributed by atoms with Gasteiger partial charge in [-0.3, -0.25) is 0 Å². The van der Waals surface area contributed by atoms with Crippen molar-refractivity contribution in [3.05, 3.63) is 23.7 Å². The summed E-state index contributed by atoms with van der Waals surface area (Å²) >= 11 is 0. The second-order valence-electron chi connectivity index (χ2n) is 4.72. The summed E-state index contributed by atoms with van der Waals surface area (Å²) in [7, 11) is 4.09. The van der Waals surface area contributed by atoms with Crippen LogP contribution < -0.4 is 5.32 Å². The Morgan fingerprint density at radius 1 is 1.53 bits per heavy atom. The van der Waals surface area contributed by atoms with E-state index in [4.69, 9.17) is 9.15 Å². The quantitative estimate of drug-likeness (QED) is 0.698. The van der Waals surface area contributed by atoms with Gasteiger partial charge in [0, 0.05) is 24.7 Å². The van der Waals surface area contributed by atoms with Crippen LogP contribution >= 0.6 is 0 Å². The van der Waals surface area contributed by atoms with Gasteiger partial charge in [0.2, 0.25) is 0 Å². The third kappa shape index (κ3) is 4.15. The molecule has 2 rings (SSSR count). The fourth-order valence-electron chi connectivity index (χ4n) is 1.88. The Hall–Kier alpha value is -0.840. The van der Waals surface area contributed by atoms with Crippen LogP contribution in [0.1, 0.15) is 24.2 Å². The molecule has 1 heterocycles. The van der Waals surface area contributed by atoms with Gasteiger partial charge >= 0.3 is 0 Å². The summed E-state index contributed by atoms with van der Waals surface area (Å²) in [6, 6.07) is 2.85. The summed E-state index contributed by atoms with van der Waals surface area (Å²) in [4.78, 5) is 2.37. The van der Waals surface area contributed by atoms with Crippen LogP contribution in [0.2, 0.25) is 0 Å². The molecule has 0 radical (unpaired) electrons. The minimum Gasteiger partial charge on any atom is -0.467 e. The van der Waals surface area contributed by atoms with Crippen LogP contribution in [0, 0.1) is 0 Å². The van der Waals surface area contributed by atoms with Crippen molar-refractivity contribution in [1.82, 2.24) is 10.2 Å². The van der Waals surface area contributed by atoms with E-state index in [2.05, 4.69) is 17.3 Å². The smallest absolute Gasteiger partial charge is 0.129 e. The summed E-state index contributed by atoms with van der Waals surface area (Å²) in [6.07, 6.45) is 4.48. The minimum absolute atomic E-state index is 0.572. The van der Waals surface area contributed by atoms with Gasteiger partial charge in [0.15, 0.2) is 0 Å². The van der Waals surface area contributed by atoms with E-state index in [1.807, 2.05) is 13.1 Å². The van der Waals surface area contributed by atoms with Crippen LogP contribution in [0.4, 0.5) is 0 Å². The Labute approximate surface area is 103 Å². The van der Waals surface area contributed by atoms with E-state index >= 15 is 0 Å². The molecule has 0 amide bonds. The van der Waals surface area contributed by atoms with Crippen LogP contribution in [-0.2, 0) is 17.9 Å². The Bertz CT molecular complexity index is 334. The Morgan fingerprint density at radius 2 is 2.35 bits per heavy atom. The topological polar surface area (TPSA) is 37.6 Å². The molecule has 1 aromatic heterocycles. The van der Waals surface area contributed by atoms with Crippen molar-refractivity contribution >= 4 is 0 Å². The average Bonchev–Trinajstić information content (AvgIpc) is 3.08. The Morgan fingerprint density at radius 3 is 3.06 bits per heavy atom. The second-order valence-corrected chi connectivity index (χ2v) is 4.72. The van der Waals surface area contributed by atoms with Crippen LogP contribution in [0.3, 0.4) is 0 Å². The van der Waals surface area contributed by atoms with Gasteiger partial charge in [-0.25, -0.2) is 0 Å². The van der Waals surface area contributed by atoms with Crippen molar-refractivity contribution in [3.8, 4) is 0 Å². The molecule has 1 aromatic rings. The van der Waals surface area contributed by atoms with Gasteiger partial charge in [-0.2, -0.15) is 0 Å². The normalized spacial score (nSPS) is 15.7. The molecule has 0 spiro atoms. The molecule has 1 fully saturated rings. The molecule has 0 unspecified atom stereocenters. The first-order valence-corrected chi connectivity index (χ1v) is 6.28. The highest BCUT2D eigenvalue weighted by atomic mass is 16.5. The maximum absolute atomic E-state index is 5.60. The van der Waals surface area contributed by atoms with Crippen LogP contribution in [0.25, 0.3) is 0 Å². The van der Waals surface area contributed by atoms with Crippen molar-refractivity contribution in [2.75, 3.05) is 27.2 Å². The molecule has 0 aromatic carbocycles. The summed E-state index contributed by atoms with van der Waals surface area (Å²) < 4.78 is 11.0. The van der Waals surface area contributed by atoms with Crippen LogP contribution in [0.15, 0.2) is 16.7 Å². The molecular formula is C13H22N2O2. The number of furan rings is 1. The van der Waals surface area contributed by atoms with Crippen LogP contribution in [-0.4, -0.2) is 38.2 Å². The highest BCUT2D eigenvalue weighted by Gasteiger charge is 2.25. The first kappa shape index (κ1) is 12.6. The number of nitrogens with zero attached hydrogens (tertiary/aromatic N) is 1. The largest absolute Gasteiger partial charge is 0.467 e. The first-order chi connectivity index (χ1) is 8.29. The molecule has 4 nitrogen and oxygen atoms in total. The number of nitrogens with one attached hydrogen (secondary N) is 1. The van der Waals surface area contributed by atoms with E-state index in [9.17, 15) is 0 Å². The van der Waals surface area contributed by atoms with E-state index in [1.54, 1.807) is 6.26 Å². The van der Waals surface area contributed by atoms with Crippen LogP contribution in [0.5, 0.6) is 0 Å². The summed E-state index contributed by atoms with van der Waals surface area (Å²) in [5, 5.41) is 3.09. The number of hydrogen-bond acceptors (Lipinski definition) is 4. The predicted molar refractivity (Wildman–Crippen MR) is 66.8 cm³/mol. The lowest BCUT2D eigenvalue weighted by Gasteiger charge is -2.14. The van der Waals surface area contributed by atoms with Crippen molar-refractivity contribution in [1.29, 1.82) is 0 Å². The molecule has 1 N–H and O–H groups in total. The van der Waals surface area contributed by atoms with Crippen molar-refractivity contribution in [2.45, 2.75) is 32.0 Å². The zero-order valence-electron chi connectivity index (χ0n) is 10.7. The highest BCUT2D eigenvalue weighted by Crippen LogP contribution is 2.24. The molecule has 96 valence electrons. The summed E-state index contributed by atoms with van der Waals surface area (Å²) in [5.41, 5.74) is 1.17. The second kappa shape index (κ2) is 6.19. The first-order valence-electron chi connectivity index (χ1n) is 6.28. The molecule has 0 saturated heterocycles. The van der Waals surface area contributed by atoms with Crippen molar-refractivity contribution < 1.29 is 9.15 Å². The minimum atomic E-state index is 0.572. The predicted octanol–water partition coefficient (Wildman–Crippen LogP) is 1.61. The van der Waals surface area contributed by atoms with E-state index in [0.29, 0.717) is 6.61 Å². The SMILES string of the molecule is CNCc1coc(COCCN(C)C2CC2)c1. The lowest BCUT2D eigenvalue weighted by molar-refractivity contribution is 0.0863. The van der Waals surface area contributed by atoms with Crippen molar-refractivity contribution in [3.63, 3.8) is 0 Å². The molecule has 0 atom stereocenters. The molecule has 1 aliphatic carbocycles. The lowest BCUT2D eigenvalue weighted by atomic mass is 10.3. The third-order valence-electron chi connectivity index (χ3n) is 3.09. The summed E-state index contributed by atoms with van der Waals surface area (Å²) in [5.74, 6) is 0.907. The molecule has 0 aliphatic heterocycles. The fraction of sp³-hybridized carbons (Fsp3) is 0.692. The molecule has 1 aliphatic rings. The standard InChI is InChI=1S/C13H22N2O2/c1-14-8-11-7-13(17-9-11)10-16-6-5-15(2)12-3-4-12/h7,9,12,14H,3-6,8,10H2,1-2H3. The summed E-state index contributed by atoms with van der Waals surface area (Å²) in [6.45, 7) is 3.19. The van der Waals surface area contributed by atoms with Gasteiger partial charge in [0.05, 0.1) is 12.9 Å². The Balaban J connectivity index is 1.60.